The van der Waals surface area contributed by atoms with Gasteiger partial charge >= 0.3 is 0 Å². The fourth-order valence-corrected chi connectivity index (χ4v) is 4.59. The molecule has 0 radical (unpaired) electrons. The molecule has 2 heterocycles. The number of fused-ring (bicyclic) bond motifs is 1. The smallest absolute Gasteiger partial charge is 0.238 e. The van der Waals surface area contributed by atoms with Crippen LogP contribution in [-0.4, -0.2) is 23.9 Å². The van der Waals surface area contributed by atoms with Crippen LogP contribution in [-0.2, 0) is 11.2 Å². The second kappa shape index (κ2) is 7.80. The van der Waals surface area contributed by atoms with Crippen LogP contribution in [0.5, 0.6) is 0 Å². The van der Waals surface area contributed by atoms with Gasteiger partial charge in [-0.15, -0.1) is 11.3 Å². The maximum absolute atomic E-state index is 14.0. The summed E-state index contributed by atoms with van der Waals surface area (Å²) in [5.74, 6) is -0.773. The first kappa shape index (κ1) is 18.2. The second-order valence-corrected chi connectivity index (χ2v) is 7.94. The SMILES string of the molecule is O=C(CN1CCc2sccc2[C@@H]1c1ccccc1)Nc1ccc(Cl)cc1F. The zero-order valence-electron chi connectivity index (χ0n) is 14.5. The summed E-state index contributed by atoms with van der Waals surface area (Å²) in [5, 5.41) is 5.07. The lowest BCUT2D eigenvalue weighted by atomic mass is 9.93. The van der Waals surface area contributed by atoms with Gasteiger partial charge in [0.1, 0.15) is 5.82 Å². The van der Waals surface area contributed by atoms with E-state index in [2.05, 4.69) is 33.8 Å². The van der Waals surface area contributed by atoms with Gasteiger partial charge in [-0.05, 0) is 47.2 Å². The van der Waals surface area contributed by atoms with Gasteiger partial charge in [-0.3, -0.25) is 9.69 Å². The van der Waals surface area contributed by atoms with Crippen molar-refractivity contribution in [2.45, 2.75) is 12.5 Å². The largest absolute Gasteiger partial charge is 0.322 e. The molecule has 0 saturated carbocycles. The van der Waals surface area contributed by atoms with Gasteiger partial charge in [0.2, 0.25) is 5.91 Å². The molecule has 0 aliphatic carbocycles. The summed E-state index contributed by atoms with van der Waals surface area (Å²) in [4.78, 5) is 16.1. The molecule has 0 fully saturated rings. The van der Waals surface area contributed by atoms with Crippen LogP contribution in [0.2, 0.25) is 5.02 Å². The number of carbonyl (C=O) groups is 1. The Hall–Kier alpha value is -2.21. The molecule has 0 spiro atoms. The highest BCUT2D eigenvalue weighted by atomic mass is 35.5. The van der Waals surface area contributed by atoms with Gasteiger partial charge in [-0.2, -0.15) is 0 Å². The van der Waals surface area contributed by atoms with E-state index in [0.29, 0.717) is 5.02 Å². The Balaban J connectivity index is 1.56. The number of anilines is 1. The Kier molecular flexibility index (Phi) is 5.25. The van der Waals surface area contributed by atoms with Crippen LogP contribution in [0.3, 0.4) is 0 Å². The molecular weight excluding hydrogens is 383 g/mol. The zero-order valence-corrected chi connectivity index (χ0v) is 16.1. The van der Waals surface area contributed by atoms with E-state index < -0.39 is 5.82 Å². The van der Waals surface area contributed by atoms with Crippen LogP contribution in [0.25, 0.3) is 0 Å². The second-order valence-electron chi connectivity index (χ2n) is 6.51. The summed E-state index contributed by atoms with van der Waals surface area (Å²) < 4.78 is 14.0. The Morgan fingerprint density at radius 2 is 2.04 bits per heavy atom. The van der Waals surface area contributed by atoms with E-state index in [9.17, 15) is 9.18 Å². The van der Waals surface area contributed by atoms with Crippen LogP contribution in [0.1, 0.15) is 22.0 Å². The number of amides is 1. The first-order valence-electron chi connectivity index (χ1n) is 8.72. The molecule has 1 amide bonds. The quantitative estimate of drug-likeness (QED) is 0.658. The summed E-state index contributed by atoms with van der Waals surface area (Å²) in [6, 6.07) is 16.6. The lowest BCUT2D eigenvalue weighted by Gasteiger charge is -2.35. The molecule has 138 valence electrons. The summed E-state index contributed by atoms with van der Waals surface area (Å²) in [7, 11) is 0. The molecule has 27 heavy (non-hydrogen) atoms. The molecule has 1 aromatic heterocycles. The van der Waals surface area contributed by atoms with Crippen molar-refractivity contribution < 1.29 is 9.18 Å². The number of carbonyl (C=O) groups excluding carboxylic acids is 1. The number of thiophene rings is 1. The van der Waals surface area contributed by atoms with Gasteiger partial charge in [0.25, 0.3) is 0 Å². The third kappa shape index (κ3) is 3.90. The Morgan fingerprint density at radius 3 is 2.81 bits per heavy atom. The van der Waals surface area contributed by atoms with Crippen molar-refractivity contribution in [3.63, 3.8) is 0 Å². The minimum absolute atomic E-state index is 0.0296. The van der Waals surface area contributed by atoms with E-state index in [0.717, 1.165) is 18.5 Å². The summed E-state index contributed by atoms with van der Waals surface area (Å²) in [6.45, 7) is 0.973. The fourth-order valence-electron chi connectivity index (χ4n) is 3.53. The number of rotatable bonds is 4. The highest BCUT2D eigenvalue weighted by Gasteiger charge is 2.30. The van der Waals surface area contributed by atoms with Crippen LogP contribution in [0, 0.1) is 5.82 Å². The maximum Gasteiger partial charge on any atom is 0.238 e. The molecule has 1 aliphatic rings. The number of hydrogen-bond acceptors (Lipinski definition) is 3. The van der Waals surface area contributed by atoms with Crippen LogP contribution < -0.4 is 5.32 Å². The molecule has 0 saturated heterocycles. The van der Waals surface area contributed by atoms with Crippen LogP contribution in [0.4, 0.5) is 10.1 Å². The average Bonchev–Trinajstić information content (AvgIpc) is 3.13. The minimum atomic E-state index is -0.533. The molecule has 1 aliphatic heterocycles. The van der Waals surface area contributed by atoms with E-state index in [1.165, 1.54) is 22.6 Å². The number of benzene rings is 2. The van der Waals surface area contributed by atoms with Crippen molar-refractivity contribution in [3.8, 4) is 0 Å². The number of hydrogen-bond donors (Lipinski definition) is 1. The Labute approximate surface area is 166 Å². The van der Waals surface area contributed by atoms with Crippen LogP contribution in [0.15, 0.2) is 60.0 Å². The van der Waals surface area contributed by atoms with Gasteiger partial charge in [0.15, 0.2) is 0 Å². The third-order valence-electron chi connectivity index (χ3n) is 4.73. The van der Waals surface area contributed by atoms with Crippen molar-refractivity contribution >= 4 is 34.5 Å². The van der Waals surface area contributed by atoms with Crippen molar-refractivity contribution in [2.24, 2.45) is 0 Å². The van der Waals surface area contributed by atoms with Crippen molar-refractivity contribution in [1.29, 1.82) is 0 Å². The van der Waals surface area contributed by atoms with Crippen molar-refractivity contribution in [3.05, 3.63) is 86.8 Å². The van der Waals surface area contributed by atoms with Gasteiger partial charge in [-0.1, -0.05) is 41.9 Å². The van der Waals surface area contributed by atoms with Gasteiger partial charge in [-0.25, -0.2) is 4.39 Å². The molecule has 0 bridgehead atoms. The predicted octanol–water partition coefficient (Wildman–Crippen LogP) is 5.13. The Bertz CT molecular complexity index is 960. The molecule has 3 nitrogen and oxygen atoms in total. The molecule has 4 rings (SSSR count). The van der Waals surface area contributed by atoms with Crippen molar-refractivity contribution in [2.75, 3.05) is 18.4 Å². The first-order valence-corrected chi connectivity index (χ1v) is 9.98. The predicted molar refractivity (Wildman–Crippen MR) is 108 cm³/mol. The van der Waals surface area contributed by atoms with E-state index in [1.807, 2.05) is 18.2 Å². The van der Waals surface area contributed by atoms with Crippen LogP contribution >= 0.6 is 22.9 Å². The van der Waals surface area contributed by atoms with Crippen molar-refractivity contribution in [1.82, 2.24) is 4.90 Å². The zero-order chi connectivity index (χ0) is 18.8. The first-order chi connectivity index (χ1) is 13.1. The molecule has 0 unspecified atom stereocenters. The number of nitrogens with one attached hydrogen (secondary N) is 1. The highest BCUT2D eigenvalue weighted by molar-refractivity contribution is 7.10. The highest BCUT2D eigenvalue weighted by Crippen LogP contribution is 2.37. The molecule has 1 N–H and O–H groups in total. The topological polar surface area (TPSA) is 32.3 Å². The fraction of sp³-hybridized carbons (Fsp3) is 0.190. The normalized spacial score (nSPS) is 16.7. The van der Waals surface area contributed by atoms with E-state index >= 15 is 0 Å². The summed E-state index contributed by atoms with van der Waals surface area (Å²) in [5.41, 5.74) is 2.55. The molecular formula is C21H18ClFN2OS. The van der Waals surface area contributed by atoms with Gasteiger partial charge < -0.3 is 5.32 Å². The molecule has 3 aromatic rings. The number of halogens is 2. The molecule has 6 heteroatoms. The molecule has 1 atom stereocenters. The standard InChI is InChI=1S/C21H18ClFN2OS/c22-15-6-7-18(17(23)12-15)24-20(26)13-25-10-8-19-16(9-11-27-19)21(25)14-4-2-1-3-5-14/h1-7,9,11-12,21H,8,10,13H2,(H,24,26)/t21-/m0/s1. The lowest BCUT2D eigenvalue weighted by molar-refractivity contribution is -0.117. The Morgan fingerprint density at radius 1 is 1.22 bits per heavy atom. The van der Waals surface area contributed by atoms with E-state index in [-0.39, 0.29) is 24.2 Å². The average molecular weight is 401 g/mol. The molecule has 2 aromatic carbocycles. The minimum Gasteiger partial charge on any atom is -0.322 e. The van der Waals surface area contributed by atoms with E-state index in [4.69, 9.17) is 11.6 Å². The van der Waals surface area contributed by atoms with E-state index in [1.54, 1.807) is 17.4 Å². The maximum atomic E-state index is 14.0. The third-order valence-corrected chi connectivity index (χ3v) is 5.96. The summed E-state index contributed by atoms with van der Waals surface area (Å²) in [6.07, 6.45) is 0.916. The summed E-state index contributed by atoms with van der Waals surface area (Å²) >= 11 is 7.53. The monoisotopic (exact) mass is 400 g/mol. The number of nitrogens with zero attached hydrogens (tertiary/aromatic N) is 1. The van der Waals surface area contributed by atoms with Gasteiger partial charge in [0.05, 0.1) is 18.3 Å². The lowest BCUT2D eigenvalue weighted by Crippen LogP contribution is -2.40. The van der Waals surface area contributed by atoms with Gasteiger partial charge in [0, 0.05) is 16.4 Å².